The van der Waals surface area contributed by atoms with Crippen molar-refractivity contribution in [1.82, 2.24) is 30.0 Å². The number of carbonyl (C=O) groups excluding carboxylic acids is 1. The molecule has 1 unspecified atom stereocenters. The number of aryl methyl sites for hydroxylation is 1. The van der Waals surface area contributed by atoms with Crippen LogP contribution in [0.2, 0.25) is 0 Å². The second-order valence-electron chi connectivity index (χ2n) is 12.2. The van der Waals surface area contributed by atoms with Gasteiger partial charge in [0, 0.05) is 67.5 Å². The van der Waals surface area contributed by atoms with Gasteiger partial charge in [0.2, 0.25) is 18.2 Å². The van der Waals surface area contributed by atoms with Crippen LogP contribution in [0.5, 0.6) is 0 Å². The minimum atomic E-state index is -0.443. The van der Waals surface area contributed by atoms with E-state index >= 15 is 0 Å². The summed E-state index contributed by atoms with van der Waals surface area (Å²) in [6.45, 7) is 8.40. The standard InChI is InChI=1S/C33H40N10O2/c1-23-20-35-33(37-26-8-10-27(11-9-26)41-16-12-28(13-17-41)40-14-2-3-15-40)38-30(23)42-18-19-43(32(34)44)29(21-42)24-4-6-25(7-5-24)31-39-36-22-45-31/h4-11,20,22,28-29H,2-3,12-19,21H2,1H3,(H2,34,44)(H,35,37,38). The molecule has 4 aromatic rings. The van der Waals surface area contributed by atoms with Gasteiger partial charge in [0.1, 0.15) is 5.82 Å². The summed E-state index contributed by atoms with van der Waals surface area (Å²) in [4.78, 5) is 31.0. The number of aromatic nitrogens is 4. The lowest BCUT2D eigenvalue weighted by atomic mass is 10.0. The Morgan fingerprint density at radius 1 is 0.933 bits per heavy atom. The van der Waals surface area contributed by atoms with E-state index in [9.17, 15) is 4.79 Å². The predicted octanol–water partition coefficient (Wildman–Crippen LogP) is 4.59. The molecule has 7 rings (SSSR count). The highest BCUT2D eigenvalue weighted by atomic mass is 16.4. The third kappa shape index (κ3) is 6.28. The fourth-order valence-electron chi connectivity index (χ4n) is 6.97. The lowest BCUT2D eigenvalue weighted by molar-refractivity contribution is 0.175. The van der Waals surface area contributed by atoms with Crippen molar-refractivity contribution in [1.29, 1.82) is 0 Å². The first-order valence-corrected chi connectivity index (χ1v) is 15.9. The summed E-state index contributed by atoms with van der Waals surface area (Å²) in [5.74, 6) is 1.82. The molecule has 0 spiro atoms. The number of hydrogen-bond acceptors (Lipinski definition) is 10. The highest BCUT2D eigenvalue weighted by Gasteiger charge is 2.32. The number of anilines is 4. The summed E-state index contributed by atoms with van der Waals surface area (Å²) in [6.07, 6.45) is 8.33. The number of nitrogens with zero attached hydrogens (tertiary/aromatic N) is 8. The number of piperazine rings is 1. The number of primary amides is 1. The fraction of sp³-hybridized carbons (Fsp3) is 0.424. The molecule has 3 aliphatic rings. The Morgan fingerprint density at radius 3 is 2.38 bits per heavy atom. The van der Waals surface area contributed by atoms with Gasteiger partial charge >= 0.3 is 6.03 Å². The molecule has 0 saturated carbocycles. The van der Waals surface area contributed by atoms with Crippen LogP contribution in [0.4, 0.5) is 27.9 Å². The summed E-state index contributed by atoms with van der Waals surface area (Å²) in [6, 6.07) is 16.4. The van der Waals surface area contributed by atoms with E-state index in [1.165, 1.54) is 50.9 Å². The third-order valence-corrected chi connectivity index (χ3v) is 9.42. The molecule has 3 aliphatic heterocycles. The summed E-state index contributed by atoms with van der Waals surface area (Å²) < 4.78 is 5.32. The number of benzene rings is 2. The molecule has 3 saturated heterocycles. The Balaban J connectivity index is 1.02. The van der Waals surface area contributed by atoms with Gasteiger partial charge in [-0.3, -0.25) is 0 Å². The Kier molecular flexibility index (Phi) is 8.21. The highest BCUT2D eigenvalue weighted by Crippen LogP contribution is 2.32. The van der Waals surface area contributed by atoms with Gasteiger partial charge in [-0.15, -0.1) is 10.2 Å². The quantitative estimate of drug-likeness (QED) is 0.307. The second kappa shape index (κ2) is 12.7. The van der Waals surface area contributed by atoms with E-state index in [1.54, 1.807) is 4.90 Å². The van der Waals surface area contributed by atoms with E-state index in [2.05, 4.69) is 59.5 Å². The second-order valence-corrected chi connectivity index (χ2v) is 12.2. The summed E-state index contributed by atoms with van der Waals surface area (Å²) in [7, 11) is 0. The number of urea groups is 1. The van der Waals surface area contributed by atoms with Crippen LogP contribution in [-0.4, -0.2) is 87.9 Å². The van der Waals surface area contributed by atoms with Gasteiger partial charge in [0.15, 0.2) is 0 Å². The number of amides is 2. The van der Waals surface area contributed by atoms with Gasteiger partial charge in [0.05, 0.1) is 6.04 Å². The molecule has 3 N–H and O–H groups in total. The largest absolute Gasteiger partial charge is 0.423 e. The zero-order valence-corrected chi connectivity index (χ0v) is 25.7. The maximum absolute atomic E-state index is 12.4. The van der Waals surface area contributed by atoms with Crippen LogP contribution in [0.25, 0.3) is 11.5 Å². The van der Waals surface area contributed by atoms with Crippen LogP contribution in [0.3, 0.4) is 0 Å². The first-order chi connectivity index (χ1) is 22.0. The molecule has 12 nitrogen and oxygen atoms in total. The third-order valence-electron chi connectivity index (χ3n) is 9.42. The van der Waals surface area contributed by atoms with Crippen LogP contribution >= 0.6 is 0 Å². The smallest absolute Gasteiger partial charge is 0.315 e. The summed E-state index contributed by atoms with van der Waals surface area (Å²) in [5, 5.41) is 11.1. The molecule has 0 bridgehead atoms. The molecule has 2 aromatic heterocycles. The molecule has 2 amide bonds. The topological polar surface area (TPSA) is 133 Å². The van der Waals surface area contributed by atoms with Crippen LogP contribution in [0.1, 0.15) is 42.9 Å². The Hall–Kier alpha value is -4.71. The van der Waals surface area contributed by atoms with E-state index in [0.717, 1.165) is 47.3 Å². The van der Waals surface area contributed by atoms with Crippen LogP contribution in [0.15, 0.2) is 65.5 Å². The van der Waals surface area contributed by atoms with Gasteiger partial charge in [-0.05, 0) is 87.7 Å². The van der Waals surface area contributed by atoms with E-state index < -0.39 is 6.03 Å². The molecule has 0 radical (unpaired) electrons. The molecule has 12 heteroatoms. The van der Waals surface area contributed by atoms with E-state index in [4.69, 9.17) is 15.1 Å². The van der Waals surface area contributed by atoms with Crippen molar-refractivity contribution >= 4 is 29.2 Å². The summed E-state index contributed by atoms with van der Waals surface area (Å²) >= 11 is 0. The number of nitrogens with one attached hydrogen (secondary N) is 1. The van der Waals surface area contributed by atoms with E-state index in [-0.39, 0.29) is 6.04 Å². The molecule has 2 aromatic carbocycles. The van der Waals surface area contributed by atoms with Crippen molar-refractivity contribution in [2.45, 2.75) is 44.7 Å². The average Bonchev–Trinajstić information content (AvgIpc) is 3.82. The van der Waals surface area contributed by atoms with Crippen molar-refractivity contribution in [3.8, 4) is 11.5 Å². The van der Waals surface area contributed by atoms with Crippen molar-refractivity contribution in [3.63, 3.8) is 0 Å². The Labute approximate surface area is 263 Å². The molecule has 0 aliphatic carbocycles. The van der Waals surface area contributed by atoms with Crippen molar-refractivity contribution < 1.29 is 9.21 Å². The van der Waals surface area contributed by atoms with Crippen molar-refractivity contribution in [2.75, 3.05) is 60.9 Å². The molecule has 5 heterocycles. The van der Waals surface area contributed by atoms with Gasteiger partial charge in [-0.2, -0.15) is 4.98 Å². The molecule has 45 heavy (non-hydrogen) atoms. The maximum atomic E-state index is 12.4. The zero-order valence-electron chi connectivity index (χ0n) is 25.7. The van der Waals surface area contributed by atoms with Gasteiger partial charge in [0.25, 0.3) is 0 Å². The van der Waals surface area contributed by atoms with Crippen LogP contribution < -0.4 is 20.9 Å². The molecular formula is C33H40N10O2. The number of rotatable bonds is 7. The first kappa shape index (κ1) is 29.0. The SMILES string of the molecule is Cc1cnc(Nc2ccc(N3CCC(N4CCCC4)CC3)cc2)nc1N1CCN(C(N)=O)C(c2ccc(-c3nnco3)cc2)C1. The average molecular weight is 609 g/mol. The van der Waals surface area contributed by atoms with Crippen molar-refractivity contribution in [3.05, 3.63) is 72.2 Å². The molecule has 234 valence electrons. The van der Waals surface area contributed by atoms with Gasteiger partial charge in [-0.1, -0.05) is 12.1 Å². The lowest BCUT2D eigenvalue weighted by Crippen LogP contribution is -2.52. The van der Waals surface area contributed by atoms with Crippen LogP contribution in [0, 0.1) is 6.92 Å². The zero-order chi connectivity index (χ0) is 30.8. The minimum Gasteiger partial charge on any atom is -0.423 e. The highest BCUT2D eigenvalue weighted by molar-refractivity contribution is 5.73. The number of carbonyl (C=O) groups is 1. The predicted molar refractivity (Wildman–Crippen MR) is 174 cm³/mol. The van der Waals surface area contributed by atoms with Gasteiger partial charge < -0.3 is 35.1 Å². The lowest BCUT2D eigenvalue weighted by Gasteiger charge is -2.41. The van der Waals surface area contributed by atoms with E-state index in [1.807, 2.05) is 37.4 Å². The molecule has 1 atom stereocenters. The first-order valence-electron chi connectivity index (χ1n) is 15.9. The molecular weight excluding hydrogens is 568 g/mol. The molecule has 3 fully saturated rings. The number of hydrogen-bond donors (Lipinski definition) is 2. The summed E-state index contributed by atoms with van der Waals surface area (Å²) in [5.41, 5.74) is 10.8. The number of nitrogens with two attached hydrogens (primary N) is 1. The van der Waals surface area contributed by atoms with Crippen molar-refractivity contribution in [2.24, 2.45) is 5.73 Å². The minimum absolute atomic E-state index is 0.244. The number of piperidine rings is 1. The Morgan fingerprint density at radius 2 is 1.69 bits per heavy atom. The van der Waals surface area contributed by atoms with Gasteiger partial charge in [-0.25, -0.2) is 9.78 Å². The Bertz CT molecular complexity index is 1580. The fourth-order valence-corrected chi connectivity index (χ4v) is 6.97. The monoisotopic (exact) mass is 608 g/mol. The van der Waals surface area contributed by atoms with Crippen LogP contribution in [-0.2, 0) is 0 Å². The van der Waals surface area contributed by atoms with E-state index in [0.29, 0.717) is 31.5 Å². The number of likely N-dealkylation sites (tertiary alicyclic amines) is 1. The normalized spacial score (nSPS) is 19.7. The maximum Gasteiger partial charge on any atom is 0.315 e.